The van der Waals surface area contributed by atoms with E-state index in [1.807, 2.05) is 12.3 Å². The Morgan fingerprint density at radius 3 is 1.90 bits per heavy atom. The molecule has 0 unspecified atom stereocenters. The molecular formula is C64H63N4OPt-3. The molecule has 0 saturated heterocycles. The van der Waals surface area contributed by atoms with E-state index in [0.29, 0.717) is 17.4 Å². The molecule has 6 heteroatoms. The van der Waals surface area contributed by atoms with Crippen LogP contribution in [0.5, 0.6) is 11.5 Å². The van der Waals surface area contributed by atoms with Crippen molar-refractivity contribution in [1.29, 1.82) is 0 Å². The fraction of sp³-hybridized carbons (Fsp3) is 0.250. The third-order valence-corrected chi connectivity index (χ3v) is 14.2. The summed E-state index contributed by atoms with van der Waals surface area (Å²) in [6.07, 6.45) is 1.93. The van der Waals surface area contributed by atoms with Gasteiger partial charge in [0.15, 0.2) is 0 Å². The summed E-state index contributed by atoms with van der Waals surface area (Å²) in [5.41, 5.74) is 16.9. The summed E-state index contributed by atoms with van der Waals surface area (Å²) >= 11 is 0. The van der Waals surface area contributed by atoms with Gasteiger partial charge in [0.2, 0.25) is 0 Å². The number of rotatable bonds is 9. The molecule has 0 amide bonds. The summed E-state index contributed by atoms with van der Waals surface area (Å²) < 4.78 is 9.25. The van der Waals surface area contributed by atoms with E-state index in [9.17, 15) is 0 Å². The van der Waals surface area contributed by atoms with Crippen molar-refractivity contribution in [3.63, 3.8) is 0 Å². The predicted molar refractivity (Wildman–Crippen MR) is 289 cm³/mol. The van der Waals surface area contributed by atoms with Crippen LogP contribution in [-0.2, 0) is 37.3 Å². The third kappa shape index (κ3) is 8.99. The summed E-state index contributed by atoms with van der Waals surface area (Å²) in [6, 6.07) is 60.1. The second kappa shape index (κ2) is 18.4. The third-order valence-electron chi connectivity index (χ3n) is 14.2. The first-order valence-corrected chi connectivity index (χ1v) is 24.4. The second-order valence-electron chi connectivity index (χ2n) is 21.8. The molecule has 0 saturated carbocycles. The van der Waals surface area contributed by atoms with Crippen molar-refractivity contribution < 1.29 is 25.8 Å². The van der Waals surface area contributed by atoms with E-state index < -0.39 is 0 Å². The molecule has 3 heterocycles. The molecule has 0 radical (unpaired) electrons. The smallest absolute Gasteiger partial charge is 0.135 e. The molecule has 0 N–H and O–H groups in total. The normalized spacial score (nSPS) is 13.0. The van der Waals surface area contributed by atoms with E-state index in [1.165, 1.54) is 44.5 Å². The second-order valence-corrected chi connectivity index (χ2v) is 21.8. The first kappa shape index (κ1) is 48.6. The van der Waals surface area contributed by atoms with Crippen molar-refractivity contribution in [3.8, 4) is 28.4 Å². The van der Waals surface area contributed by atoms with Crippen LogP contribution in [0.25, 0.3) is 38.8 Å². The zero-order chi connectivity index (χ0) is 48.6. The Bertz CT molecular complexity index is 3370. The SMILES string of the molecule is Cc1cc2c(cc1C)N(c1cc(C(C)(C)C)cc(C(C)(C)C)c1)[CH-]N2c1[c-]c(Oc2[c-]c3c(cc2)c2ccccc2n3-c2cc(C(C)(C)c3ccccc3)ccn2)cc(-c2ccccc2C(C)C)c1.[Pt]. The minimum Gasteiger partial charge on any atom is -0.509 e. The Hall–Kier alpha value is -6.42. The number of aromatic nitrogens is 2. The zero-order valence-electron chi connectivity index (χ0n) is 42.6. The van der Waals surface area contributed by atoms with Gasteiger partial charge in [0.05, 0.1) is 0 Å². The van der Waals surface area contributed by atoms with E-state index in [2.05, 4.69) is 256 Å². The van der Waals surface area contributed by atoms with Crippen molar-refractivity contribution >= 4 is 44.6 Å². The first-order valence-electron chi connectivity index (χ1n) is 24.4. The van der Waals surface area contributed by atoms with E-state index in [1.54, 1.807) is 0 Å². The number of anilines is 4. The Kier molecular flexibility index (Phi) is 12.8. The van der Waals surface area contributed by atoms with E-state index in [-0.39, 0.29) is 37.3 Å². The van der Waals surface area contributed by atoms with Crippen LogP contribution in [-0.4, -0.2) is 9.55 Å². The maximum Gasteiger partial charge on any atom is 0.135 e. The van der Waals surface area contributed by atoms with Gasteiger partial charge in [-0.1, -0.05) is 154 Å². The first-order chi connectivity index (χ1) is 32.8. The van der Waals surface area contributed by atoms with Gasteiger partial charge in [0.1, 0.15) is 5.82 Å². The van der Waals surface area contributed by atoms with E-state index in [4.69, 9.17) is 9.72 Å². The molecule has 0 fully saturated rings. The van der Waals surface area contributed by atoms with Gasteiger partial charge < -0.3 is 19.1 Å². The quantitative estimate of drug-likeness (QED) is 0.135. The van der Waals surface area contributed by atoms with Gasteiger partial charge in [0, 0.05) is 66.8 Å². The molecular weight excluding hydrogens is 1040 g/mol. The minimum absolute atomic E-state index is 0. The zero-order valence-corrected chi connectivity index (χ0v) is 44.9. The number of hydrogen-bond donors (Lipinski definition) is 0. The topological polar surface area (TPSA) is 33.5 Å². The number of ether oxygens (including phenoxy) is 1. The van der Waals surface area contributed by atoms with Crippen molar-refractivity contribution in [2.75, 3.05) is 9.80 Å². The van der Waals surface area contributed by atoms with Crippen LogP contribution >= 0.6 is 0 Å². The van der Waals surface area contributed by atoms with E-state index >= 15 is 0 Å². The maximum absolute atomic E-state index is 7.02. The standard InChI is InChI=1S/C64H63N4O.Pt/c1-41(2)53-22-16-17-23-54(53)44-32-49(66-40-67(60-31-43(4)42(3)30-59(60)66)50-35-47(62(5,6)7)34-48(36-50)63(8,9)10)38-52(33-44)69-51-26-27-56-55-24-18-19-25-57(55)68(58(56)39-51)61-37-46(28-29-65-61)64(11,12)45-20-14-13-15-21-45;/h13-37,40-41H,1-12H3;/q-3;. The number of pyridine rings is 1. The van der Waals surface area contributed by atoms with Crippen LogP contribution < -0.4 is 14.5 Å². The van der Waals surface area contributed by atoms with Crippen LogP contribution in [0.15, 0.2) is 152 Å². The number of hydrogen-bond acceptors (Lipinski definition) is 4. The molecule has 0 atom stereocenters. The molecule has 10 rings (SSSR count). The Morgan fingerprint density at radius 2 is 1.21 bits per heavy atom. The van der Waals surface area contributed by atoms with Crippen molar-refractivity contribution in [2.24, 2.45) is 0 Å². The summed E-state index contributed by atoms with van der Waals surface area (Å²) in [4.78, 5) is 9.65. The predicted octanol–water partition coefficient (Wildman–Crippen LogP) is 17.3. The summed E-state index contributed by atoms with van der Waals surface area (Å²) in [7, 11) is 0. The Balaban J connectivity index is 0.00000608. The molecule has 0 bridgehead atoms. The summed E-state index contributed by atoms with van der Waals surface area (Å²) in [5.74, 6) is 2.34. The molecule has 9 aromatic rings. The molecule has 358 valence electrons. The van der Waals surface area contributed by atoms with Crippen LogP contribution in [0.4, 0.5) is 22.7 Å². The van der Waals surface area contributed by atoms with Crippen molar-refractivity contribution in [2.45, 2.75) is 105 Å². The van der Waals surface area contributed by atoms with Gasteiger partial charge in [-0.2, -0.15) is 6.07 Å². The van der Waals surface area contributed by atoms with Gasteiger partial charge in [-0.15, -0.1) is 53.6 Å². The fourth-order valence-corrected chi connectivity index (χ4v) is 9.80. The molecule has 2 aromatic heterocycles. The van der Waals surface area contributed by atoms with Crippen molar-refractivity contribution in [3.05, 3.63) is 210 Å². The molecule has 7 aromatic carbocycles. The molecule has 1 aliphatic heterocycles. The van der Waals surface area contributed by atoms with Crippen LogP contribution in [0.3, 0.4) is 0 Å². The number of benzene rings is 7. The van der Waals surface area contributed by atoms with Crippen molar-refractivity contribution in [1.82, 2.24) is 9.55 Å². The van der Waals surface area contributed by atoms with Crippen LogP contribution in [0.1, 0.15) is 114 Å². The molecule has 0 spiro atoms. The van der Waals surface area contributed by atoms with Crippen LogP contribution in [0.2, 0.25) is 0 Å². The molecule has 0 aliphatic carbocycles. The largest absolute Gasteiger partial charge is 0.509 e. The Labute approximate surface area is 430 Å². The van der Waals surface area contributed by atoms with Gasteiger partial charge >= 0.3 is 0 Å². The fourth-order valence-electron chi connectivity index (χ4n) is 9.80. The number of para-hydroxylation sites is 1. The molecule has 5 nitrogen and oxygen atoms in total. The van der Waals surface area contributed by atoms with Gasteiger partial charge in [-0.3, -0.25) is 0 Å². The maximum atomic E-state index is 7.02. The molecule has 1 aliphatic rings. The van der Waals surface area contributed by atoms with E-state index in [0.717, 1.165) is 55.9 Å². The monoisotopic (exact) mass is 1100 g/mol. The number of fused-ring (bicyclic) bond motifs is 4. The average molecular weight is 1100 g/mol. The minimum atomic E-state index is -0.240. The summed E-state index contributed by atoms with van der Waals surface area (Å²) in [5, 5.41) is 2.21. The van der Waals surface area contributed by atoms with Gasteiger partial charge in [0.25, 0.3) is 0 Å². The average Bonchev–Trinajstić information content (AvgIpc) is 3.86. The Morgan fingerprint density at radius 1 is 0.571 bits per heavy atom. The van der Waals surface area contributed by atoms with Gasteiger partial charge in [-0.05, 0) is 123 Å². The van der Waals surface area contributed by atoms with Gasteiger partial charge in [-0.25, -0.2) is 4.98 Å². The summed E-state index contributed by atoms with van der Waals surface area (Å²) in [6.45, 7) is 29.5. The number of nitrogens with zero attached hydrogens (tertiary/aromatic N) is 4. The number of aryl methyl sites for hydroxylation is 2. The molecule has 70 heavy (non-hydrogen) atoms. The van der Waals surface area contributed by atoms with Crippen LogP contribution in [0, 0.1) is 32.6 Å².